The van der Waals surface area contributed by atoms with E-state index in [4.69, 9.17) is 4.74 Å². The molecule has 80 valence electrons. The smallest absolute Gasteiger partial charge is 0.241 e. The molecule has 1 unspecified atom stereocenters. The van der Waals surface area contributed by atoms with Gasteiger partial charge in [-0.1, -0.05) is 12.1 Å². The molecule has 0 saturated heterocycles. The standard InChI is InChI=1S/C11H14N2O2/c1-12-8-6-7-4-3-5-9(15-2)10(7)13-11(8)14/h3-5,8,12H,6H2,1-2H3,(H,13,14). The van der Waals surface area contributed by atoms with Crippen molar-refractivity contribution >= 4 is 11.6 Å². The molecule has 15 heavy (non-hydrogen) atoms. The van der Waals surface area contributed by atoms with Crippen molar-refractivity contribution in [1.82, 2.24) is 5.32 Å². The summed E-state index contributed by atoms with van der Waals surface area (Å²) in [6.07, 6.45) is 0.703. The largest absolute Gasteiger partial charge is 0.495 e. The molecule has 0 aliphatic carbocycles. The lowest BCUT2D eigenvalue weighted by atomic mass is 9.98. The first-order valence-corrected chi connectivity index (χ1v) is 4.90. The van der Waals surface area contributed by atoms with Gasteiger partial charge < -0.3 is 15.4 Å². The Hall–Kier alpha value is -1.55. The van der Waals surface area contributed by atoms with Gasteiger partial charge in [0.15, 0.2) is 0 Å². The number of carbonyl (C=O) groups is 1. The lowest BCUT2D eigenvalue weighted by Crippen LogP contribution is -2.43. The molecule has 0 aromatic heterocycles. The fraction of sp³-hybridized carbons (Fsp3) is 0.364. The SMILES string of the molecule is CNC1Cc2cccc(OC)c2NC1=O. The Balaban J connectivity index is 2.39. The fourth-order valence-electron chi connectivity index (χ4n) is 1.81. The monoisotopic (exact) mass is 206 g/mol. The Bertz CT molecular complexity index is 390. The first-order chi connectivity index (χ1) is 7.26. The van der Waals surface area contributed by atoms with Crippen LogP contribution in [-0.4, -0.2) is 26.1 Å². The van der Waals surface area contributed by atoms with Crippen LogP contribution in [0.15, 0.2) is 18.2 Å². The van der Waals surface area contributed by atoms with Gasteiger partial charge >= 0.3 is 0 Å². The molecule has 1 aromatic carbocycles. The molecule has 1 aromatic rings. The van der Waals surface area contributed by atoms with Crippen molar-refractivity contribution in [2.75, 3.05) is 19.5 Å². The molecule has 0 saturated carbocycles. The van der Waals surface area contributed by atoms with Crippen LogP contribution in [0.1, 0.15) is 5.56 Å². The maximum atomic E-state index is 11.6. The summed E-state index contributed by atoms with van der Waals surface area (Å²) < 4.78 is 5.19. The third-order valence-electron chi connectivity index (χ3n) is 2.67. The van der Waals surface area contributed by atoms with Gasteiger partial charge in [0.2, 0.25) is 5.91 Å². The van der Waals surface area contributed by atoms with Crippen molar-refractivity contribution in [3.05, 3.63) is 23.8 Å². The second-order valence-electron chi connectivity index (χ2n) is 3.53. The summed E-state index contributed by atoms with van der Waals surface area (Å²) in [5.74, 6) is 0.713. The van der Waals surface area contributed by atoms with Crippen LogP contribution < -0.4 is 15.4 Å². The number of benzene rings is 1. The van der Waals surface area contributed by atoms with Crippen molar-refractivity contribution < 1.29 is 9.53 Å². The van der Waals surface area contributed by atoms with Crippen molar-refractivity contribution in [2.24, 2.45) is 0 Å². The number of anilines is 1. The highest BCUT2D eigenvalue weighted by atomic mass is 16.5. The molecular formula is C11H14N2O2. The third-order valence-corrected chi connectivity index (χ3v) is 2.67. The summed E-state index contributed by atoms with van der Waals surface area (Å²) in [6, 6.07) is 5.63. The molecule has 4 nitrogen and oxygen atoms in total. The van der Waals surface area contributed by atoms with Crippen molar-refractivity contribution in [2.45, 2.75) is 12.5 Å². The summed E-state index contributed by atoms with van der Waals surface area (Å²) in [4.78, 5) is 11.6. The van der Waals surface area contributed by atoms with Gasteiger partial charge in [-0.3, -0.25) is 4.79 Å². The van der Waals surface area contributed by atoms with E-state index in [-0.39, 0.29) is 11.9 Å². The van der Waals surface area contributed by atoms with Gasteiger partial charge in [-0.05, 0) is 25.1 Å². The minimum absolute atomic E-state index is 0.00509. The van der Waals surface area contributed by atoms with E-state index in [1.807, 2.05) is 18.2 Å². The van der Waals surface area contributed by atoms with E-state index in [0.29, 0.717) is 6.42 Å². The van der Waals surface area contributed by atoms with Crippen molar-refractivity contribution in [1.29, 1.82) is 0 Å². The quantitative estimate of drug-likeness (QED) is 0.751. The highest BCUT2D eigenvalue weighted by molar-refractivity contribution is 5.99. The van der Waals surface area contributed by atoms with Crippen LogP contribution in [0.5, 0.6) is 5.75 Å². The summed E-state index contributed by atoms with van der Waals surface area (Å²) in [5, 5.41) is 5.83. The summed E-state index contributed by atoms with van der Waals surface area (Å²) >= 11 is 0. The van der Waals surface area contributed by atoms with Crippen LogP contribution in [0, 0.1) is 0 Å². The van der Waals surface area contributed by atoms with Crippen molar-refractivity contribution in [3.8, 4) is 5.75 Å². The van der Waals surface area contributed by atoms with E-state index < -0.39 is 0 Å². The average Bonchev–Trinajstić information content (AvgIpc) is 2.27. The van der Waals surface area contributed by atoms with Gasteiger partial charge in [0.25, 0.3) is 0 Å². The summed E-state index contributed by atoms with van der Waals surface area (Å²) in [5.41, 5.74) is 1.91. The van der Waals surface area contributed by atoms with E-state index in [2.05, 4.69) is 10.6 Å². The molecule has 4 heteroatoms. The highest BCUT2D eigenvalue weighted by Crippen LogP contribution is 2.31. The second-order valence-corrected chi connectivity index (χ2v) is 3.53. The molecular weight excluding hydrogens is 192 g/mol. The first-order valence-electron chi connectivity index (χ1n) is 4.90. The van der Waals surface area contributed by atoms with Gasteiger partial charge in [-0.2, -0.15) is 0 Å². The molecule has 2 N–H and O–H groups in total. The fourth-order valence-corrected chi connectivity index (χ4v) is 1.81. The lowest BCUT2D eigenvalue weighted by molar-refractivity contribution is -0.118. The van der Waals surface area contributed by atoms with Gasteiger partial charge in [-0.15, -0.1) is 0 Å². The molecule has 1 atom stereocenters. The van der Waals surface area contributed by atoms with E-state index >= 15 is 0 Å². The Morgan fingerprint density at radius 1 is 1.53 bits per heavy atom. The number of likely N-dealkylation sites (N-methyl/N-ethyl adjacent to an activating group) is 1. The number of amides is 1. The Morgan fingerprint density at radius 2 is 2.33 bits per heavy atom. The lowest BCUT2D eigenvalue weighted by Gasteiger charge is -2.25. The Labute approximate surface area is 88.6 Å². The molecule has 1 aliphatic rings. The van der Waals surface area contributed by atoms with Crippen molar-refractivity contribution in [3.63, 3.8) is 0 Å². The maximum Gasteiger partial charge on any atom is 0.241 e. The molecule has 1 heterocycles. The van der Waals surface area contributed by atoms with Crippen LogP contribution in [0.4, 0.5) is 5.69 Å². The van der Waals surface area contributed by atoms with Gasteiger partial charge in [0.05, 0.1) is 18.8 Å². The van der Waals surface area contributed by atoms with E-state index in [1.54, 1.807) is 14.2 Å². The van der Waals surface area contributed by atoms with E-state index in [1.165, 1.54) is 0 Å². The van der Waals surface area contributed by atoms with Crippen LogP contribution in [0.3, 0.4) is 0 Å². The van der Waals surface area contributed by atoms with Crippen LogP contribution in [-0.2, 0) is 11.2 Å². The predicted molar refractivity (Wildman–Crippen MR) is 58.2 cm³/mol. The Morgan fingerprint density at radius 3 is 3.00 bits per heavy atom. The topological polar surface area (TPSA) is 50.4 Å². The summed E-state index contributed by atoms with van der Waals surface area (Å²) in [7, 11) is 3.39. The number of para-hydroxylation sites is 1. The first kappa shape index (κ1) is 9.98. The molecule has 1 amide bonds. The highest BCUT2D eigenvalue weighted by Gasteiger charge is 2.26. The molecule has 1 aliphatic heterocycles. The van der Waals surface area contributed by atoms with Crippen LogP contribution in [0.25, 0.3) is 0 Å². The van der Waals surface area contributed by atoms with Gasteiger partial charge in [0.1, 0.15) is 5.75 Å². The minimum atomic E-state index is -0.149. The molecule has 2 rings (SSSR count). The van der Waals surface area contributed by atoms with Crippen LogP contribution >= 0.6 is 0 Å². The number of methoxy groups -OCH3 is 1. The number of ether oxygens (including phenoxy) is 1. The number of carbonyl (C=O) groups excluding carboxylic acids is 1. The molecule has 0 radical (unpaired) electrons. The number of rotatable bonds is 2. The zero-order valence-corrected chi connectivity index (χ0v) is 8.83. The van der Waals surface area contributed by atoms with Gasteiger partial charge in [0, 0.05) is 0 Å². The number of fused-ring (bicyclic) bond motifs is 1. The average molecular weight is 206 g/mol. The van der Waals surface area contributed by atoms with E-state index in [9.17, 15) is 4.79 Å². The minimum Gasteiger partial charge on any atom is -0.495 e. The second kappa shape index (κ2) is 3.90. The predicted octanol–water partition coefficient (Wildman–Crippen LogP) is 0.778. The molecule has 0 spiro atoms. The molecule has 0 bridgehead atoms. The summed E-state index contributed by atoms with van der Waals surface area (Å²) in [6.45, 7) is 0. The number of hydrogen-bond acceptors (Lipinski definition) is 3. The van der Waals surface area contributed by atoms with Crippen LogP contribution in [0.2, 0.25) is 0 Å². The maximum absolute atomic E-state index is 11.6. The third kappa shape index (κ3) is 1.68. The number of hydrogen-bond donors (Lipinski definition) is 2. The zero-order chi connectivity index (χ0) is 10.8. The normalized spacial score (nSPS) is 19.3. The zero-order valence-electron chi connectivity index (χ0n) is 8.83. The molecule has 0 fully saturated rings. The van der Waals surface area contributed by atoms with E-state index in [0.717, 1.165) is 17.0 Å². The Kier molecular flexibility index (Phi) is 2.60. The number of nitrogens with one attached hydrogen (secondary N) is 2. The van der Waals surface area contributed by atoms with Gasteiger partial charge in [-0.25, -0.2) is 0 Å².